The average molecular weight is 710 g/mol. The molecule has 5 heteroatoms. The lowest BCUT2D eigenvalue weighted by atomic mass is 9.41. The third-order valence-electron chi connectivity index (χ3n) is 13.1. The normalized spacial score (nSPS) is 22.9. The molecule has 1 aliphatic heterocycles. The lowest BCUT2D eigenvalue weighted by Crippen LogP contribution is -2.57. The second kappa shape index (κ2) is 12.6. The maximum absolute atomic E-state index is 7.38. The summed E-state index contributed by atoms with van der Waals surface area (Å²) in [4.78, 5) is 21.7. The zero-order valence-electron chi connectivity index (χ0n) is 30.5. The second-order valence-electron chi connectivity index (χ2n) is 16.0. The minimum Gasteiger partial charge on any atom is -0.310 e. The minimum atomic E-state index is -0.0596. The number of rotatable bonds is 5. The molecule has 4 aliphatic carbocycles. The fourth-order valence-electron chi connectivity index (χ4n) is 11.1. The number of benzene rings is 6. The van der Waals surface area contributed by atoms with Crippen LogP contribution in [0.25, 0.3) is 50.1 Å². The number of aromatic nitrogens is 3. The van der Waals surface area contributed by atoms with Gasteiger partial charge in [-0.05, 0) is 120 Å². The van der Waals surface area contributed by atoms with Gasteiger partial charge in [-0.15, -0.1) is 0 Å². The number of hydrogen-bond acceptors (Lipinski definition) is 4. The molecule has 12 rings (SSSR count). The van der Waals surface area contributed by atoms with Crippen molar-refractivity contribution < 1.29 is 0 Å². The Morgan fingerprint density at radius 3 is 1.71 bits per heavy atom. The van der Waals surface area contributed by atoms with Crippen LogP contribution in [0.15, 0.2) is 152 Å². The molecule has 0 atom stereocenters. The van der Waals surface area contributed by atoms with E-state index in [1.807, 2.05) is 42.5 Å². The summed E-state index contributed by atoms with van der Waals surface area (Å²) in [5, 5.41) is 0. The number of nitrogens with zero attached hydrogens (tertiary/aromatic N) is 5. The molecule has 0 radical (unpaired) electrons. The molecule has 7 aromatic rings. The molecule has 4 fully saturated rings. The topological polar surface area (TPSA) is 46.3 Å². The van der Waals surface area contributed by atoms with Crippen LogP contribution in [0, 0.1) is 30.2 Å². The molecule has 0 amide bonds. The third-order valence-corrected chi connectivity index (χ3v) is 13.1. The van der Waals surface area contributed by atoms with Crippen LogP contribution in [0.4, 0.5) is 22.7 Å². The van der Waals surface area contributed by atoms with Crippen molar-refractivity contribution in [3.63, 3.8) is 0 Å². The molecule has 0 saturated heterocycles. The summed E-state index contributed by atoms with van der Waals surface area (Å²) in [6.45, 7) is 7.38. The maximum atomic E-state index is 7.38. The predicted molar refractivity (Wildman–Crippen MR) is 220 cm³/mol. The maximum Gasteiger partial charge on any atom is 0.187 e. The van der Waals surface area contributed by atoms with Crippen LogP contribution in [0.5, 0.6) is 0 Å². The van der Waals surface area contributed by atoms with E-state index in [0.717, 1.165) is 39.7 Å². The predicted octanol–water partition coefficient (Wildman–Crippen LogP) is 12.6. The van der Waals surface area contributed by atoms with E-state index in [9.17, 15) is 0 Å². The van der Waals surface area contributed by atoms with Gasteiger partial charge in [-0.3, -0.25) is 0 Å². The van der Waals surface area contributed by atoms with Crippen molar-refractivity contribution in [1.82, 2.24) is 15.0 Å². The van der Waals surface area contributed by atoms with Gasteiger partial charge in [0, 0.05) is 27.8 Å². The monoisotopic (exact) mass is 709 g/mol. The highest BCUT2D eigenvalue weighted by molar-refractivity contribution is 5.88. The Morgan fingerprint density at radius 1 is 0.473 bits per heavy atom. The summed E-state index contributed by atoms with van der Waals surface area (Å²) in [6, 6.07) is 53.6. The van der Waals surface area contributed by atoms with Gasteiger partial charge in [0.15, 0.2) is 23.2 Å². The Kier molecular flexibility index (Phi) is 7.35. The van der Waals surface area contributed by atoms with E-state index in [-0.39, 0.29) is 5.41 Å². The molecule has 55 heavy (non-hydrogen) atoms. The van der Waals surface area contributed by atoms with Crippen LogP contribution < -0.4 is 4.90 Å². The molecule has 0 N–H and O–H groups in total. The highest BCUT2D eigenvalue weighted by Gasteiger charge is 2.61. The molecular formula is C50H39N5. The summed E-state index contributed by atoms with van der Waals surface area (Å²) >= 11 is 0. The largest absolute Gasteiger partial charge is 0.310 e. The Morgan fingerprint density at radius 2 is 1.02 bits per heavy atom. The van der Waals surface area contributed by atoms with E-state index in [1.165, 1.54) is 60.3 Å². The zero-order chi connectivity index (χ0) is 36.5. The van der Waals surface area contributed by atoms with E-state index in [0.29, 0.717) is 35.0 Å². The Bertz CT molecular complexity index is 2600. The molecule has 6 aromatic carbocycles. The first-order chi connectivity index (χ1) is 27.2. The molecule has 264 valence electrons. The molecule has 5 aliphatic rings. The quantitative estimate of drug-likeness (QED) is 0.167. The van der Waals surface area contributed by atoms with E-state index in [4.69, 9.17) is 21.5 Å². The summed E-state index contributed by atoms with van der Waals surface area (Å²) in [6.07, 6.45) is 6.64. The number of hydrogen-bond donors (Lipinski definition) is 0. The summed E-state index contributed by atoms with van der Waals surface area (Å²) in [5.74, 6) is 4.89. The highest BCUT2D eigenvalue weighted by Crippen LogP contribution is 2.69. The van der Waals surface area contributed by atoms with Crippen LogP contribution in [-0.2, 0) is 5.41 Å². The molecule has 4 saturated carbocycles. The van der Waals surface area contributed by atoms with Crippen molar-refractivity contribution in [2.24, 2.45) is 23.7 Å². The van der Waals surface area contributed by atoms with Gasteiger partial charge in [0.25, 0.3) is 0 Å². The Hall–Kier alpha value is -6.38. The van der Waals surface area contributed by atoms with Gasteiger partial charge in [-0.1, -0.05) is 109 Å². The molecule has 0 unspecified atom stereocenters. The van der Waals surface area contributed by atoms with Gasteiger partial charge in [-0.2, -0.15) is 0 Å². The van der Waals surface area contributed by atoms with Gasteiger partial charge in [0.2, 0.25) is 0 Å². The number of anilines is 3. The first kappa shape index (κ1) is 32.1. The van der Waals surface area contributed by atoms with Crippen LogP contribution >= 0.6 is 0 Å². The van der Waals surface area contributed by atoms with Crippen molar-refractivity contribution >= 4 is 22.7 Å². The van der Waals surface area contributed by atoms with Crippen molar-refractivity contribution in [2.45, 2.75) is 37.5 Å². The van der Waals surface area contributed by atoms with Crippen molar-refractivity contribution in [2.75, 3.05) is 4.90 Å². The van der Waals surface area contributed by atoms with Crippen LogP contribution in [-0.4, -0.2) is 15.0 Å². The molecule has 2 heterocycles. The number of fused-ring (bicyclic) bond motifs is 2. The van der Waals surface area contributed by atoms with Crippen molar-refractivity contribution in [3.8, 4) is 45.3 Å². The van der Waals surface area contributed by atoms with Crippen LogP contribution in [0.3, 0.4) is 0 Å². The van der Waals surface area contributed by atoms with Gasteiger partial charge < -0.3 is 4.90 Å². The summed E-state index contributed by atoms with van der Waals surface area (Å²) in [5.41, 5.74) is 12.3. The van der Waals surface area contributed by atoms with E-state index in [2.05, 4.69) is 119 Å². The fourth-order valence-corrected chi connectivity index (χ4v) is 11.1. The Balaban J connectivity index is 1.11. The van der Waals surface area contributed by atoms with Gasteiger partial charge in [0.1, 0.15) is 0 Å². The van der Waals surface area contributed by atoms with Gasteiger partial charge in [-0.25, -0.2) is 19.8 Å². The fraction of sp³-hybridized carbons (Fsp3) is 0.200. The minimum absolute atomic E-state index is 0.0596. The van der Waals surface area contributed by atoms with E-state index >= 15 is 0 Å². The number of para-hydroxylation sites is 2. The second-order valence-corrected chi connectivity index (χ2v) is 16.0. The first-order valence-corrected chi connectivity index (χ1v) is 19.6. The SMILES string of the molecule is [C-]#[N+]c1ccc(-c2cccc(-c3nc(-c4ccccc4)nc(-c4ccc5c(c4)C4(c6ccccc6N5c5ccccc5)C5CC6CC(C5)CC4C6)n3)c2)cc1. The Labute approximate surface area is 322 Å². The lowest BCUT2D eigenvalue weighted by Gasteiger charge is -2.64. The standard InChI is InChI=1S/C50H39N5/c1-51-41-22-19-34(20-23-41)36-13-10-14-37(30-36)48-52-47(35-11-4-2-5-12-35)53-49(54-48)38-21-24-46-44(31-38)50(39-26-32-25-33(28-39)29-40(50)27-32)43-17-8-9-18-45(43)55(46)42-15-6-3-7-16-42/h2-24,30-33,39-40H,25-29H2. The van der Waals surface area contributed by atoms with Crippen LogP contribution in [0.1, 0.15) is 43.2 Å². The van der Waals surface area contributed by atoms with Gasteiger partial charge >= 0.3 is 0 Å². The first-order valence-electron chi connectivity index (χ1n) is 19.6. The molecular weight excluding hydrogens is 671 g/mol. The lowest BCUT2D eigenvalue weighted by molar-refractivity contribution is -0.0419. The zero-order valence-corrected chi connectivity index (χ0v) is 30.5. The van der Waals surface area contributed by atoms with Crippen molar-refractivity contribution in [1.29, 1.82) is 0 Å². The average Bonchev–Trinajstić information content (AvgIpc) is 3.25. The van der Waals surface area contributed by atoms with Crippen LogP contribution in [0.2, 0.25) is 0 Å². The van der Waals surface area contributed by atoms with Crippen molar-refractivity contribution in [3.05, 3.63) is 174 Å². The molecule has 1 spiro atoms. The smallest absolute Gasteiger partial charge is 0.187 e. The van der Waals surface area contributed by atoms with E-state index < -0.39 is 0 Å². The van der Waals surface area contributed by atoms with Gasteiger partial charge in [0.05, 0.1) is 17.9 Å². The summed E-state index contributed by atoms with van der Waals surface area (Å²) < 4.78 is 0. The third kappa shape index (κ3) is 5.08. The molecule has 1 aromatic heterocycles. The molecule has 4 bridgehead atoms. The highest BCUT2D eigenvalue weighted by atomic mass is 15.2. The summed E-state index contributed by atoms with van der Waals surface area (Å²) in [7, 11) is 0. The molecule has 5 nitrogen and oxygen atoms in total. The van der Waals surface area contributed by atoms with E-state index in [1.54, 1.807) is 0 Å².